The van der Waals surface area contributed by atoms with E-state index < -0.39 is 6.89 Å². The standard InChI is InChI=1S/C27H23O2P/c1-29-24-19-12-20-25(26(24)27(28)21-13-6-3-7-14-21)30(2,22-15-8-4-9-16-22)23-17-10-5-11-18-23/h3-20H,2H2,1H3. The Hall–Kier alpha value is -3.35. The van der Waals surface area contributed by atoms with Gasteiger partial charge in [-0.15, -0.1) is 0 Å². The average Bonchev–Trinajstić information content (AvgIpc) is 2.84. The Morgan fingerprint density at radius 3 is 1.70 bits per heavy atom. The van der Waals surface area contributed by atoms with Crippen LogP contribution in [0.25, 0.3) is 0 Å². The van der Waals surface area contributed by atoms with Crippen LogP contribution in [0.5, 0.6) is 5.75 Å². The third kappa shape index (κ3) is 3.51. The molecule has 0 aliphatic rings. The first-order valence-corrected chi connectivity index (χ1v) is 11.8. The summed E-state index contributed by atoms with van der Waals surface area (Å²) < 4.78 is 5.66. The molecule has 148 valence electrons. The van der Waals surface area contributed by atoms with Gasteiger partial charge < -0.3 is 4.74 Å². The molecule has 3 heteroatoms. The summed E-state index contributed by atoms with van der Waals surface area (Å²) in [4.78, 5) is 13.7. The van der Waals surface area contributed by atoms with Crippen LogP contribution in [0, 0.1) is 0 Å². The second-order valence-corrected chi connectivity index (χ2v) is 10.2. The number of hydrogen-bond acceptors (Lipinski definition) is 2. The van der Waals surface area contributed by atoms with Crippen LogP contribution in [0.15, 0.2) is 109 Å². The number of hydrogen-bond donors (Lipinski definition) is 0. The molecule has 30 heavy (non-hydrogen) atoms. The van der Waals surface area contributed by atoms with E-state index in [1.807, 2.05) is 84.9 Å². The molecule has 0 aliphatic carbocycles. The molecule has 0 heterocycles. The predicted molar refractivity (Wildman–Crippen MR) is 129 cm³/mol. The minimum atomic E-state index is -2.33. The molecular formula is C27H23O2P. The van der Waals surface area contributed by atoms with Gasteiger partial charge in [-0.25, -0.2) is 0 Å². The van der Waals surface area contributed by atoms with Gasteiger partial charge in [-0.1, -0.05) is 109 Å². The lowest BCUT2D eigenvalue weighted by molar-refractivity contribution is 0.103. The molecule has 4 aromatic rings. The number of ether oxygens (including phenoxy) is 1. The molecule has 4 rings (SSSR count). The van der Waals surface area contributed by atoms with Crippen LogP contribution in [0.2, 0.25) is 0 Å². The lowest BCUT2D eigenvalue weighted by Crippen LogP contribution is -2.29. The third-order valence-corrected chi connectivity index (χ3v) is 8.85. The van der Waals surface area contributed by atoms with Gasteiger partial charge in [-0.2, -0.15) is 0 Å². The zero-order valence-corrected chi connectivity index (χ0v) is 17.8. The van der Waals surface area contributed by atoms with E-state index in [1.54, 1.807) is 7.11 Å². The van der Waals surface area contributed by atoms with Crippen molar-refractivity contribution in [3.63, 3.8) is 0 Å². The Balaban J connectivity index is 2.04. The summed E-state index contributed by atoms with van der Waals surface area (Å²) in [5.74, 6) is 0.518. The van der Waals surface area contributed by atoms with Gasteiger partial charge in [-0.05, 0) is 28.9 Å². The summed E-state index contributed by atoms with van der Waals surface area (Å²) in [7, 11) is 1.61. The van der Waals surface area contributed by atoms with Crippen molar-refractivity contribution in [2.75, 3.05) is 7.11 Å². The lowest BCUT2D eigenvalue weighted by Gasteiger charge is -2.29. The highest BCUT2D eigenvalue weighted by Crippen LogP contribution is 2.44. The van der Waals surface area contributed by atoms with Crippen molar-refractivity contribution in [2.24, 2.45) is 0 Å². The van der Waals surface area contributed by atoms with E-state index in [0.717, 1.165) is 15.9 Å². The van der Waals surface area contributed by atoms with E-state index in [4.69, 9.17) is 11.0 Å². The molecule has 0 N–H and O–H groups in total. The Bertz CT molecular complexity index is 1160. The summed E-state index contributed by atoms with van der Waals surface area (Å²) in [6.45, 7) is -2.33. The van der Waals surface area contributed by atoms with Crippen LogP contribution in [0.1, 0.15) is 15.9 Å². The van der Waals surface area contributed by atoms with Crippen LogP contribution in [0.3, 0.4) is 0 Å². The number of rotatable bonds is 6. The maximum Gasteiger partial charge on any atom is 0.197 e. The van der Waals surface area contributed by atoms with Crippen LogP contribution in [-0.2, 0) is 0 Å². The highest BCUT2D eigenvalue weighted by atomic mass is 31.2. The van der Waals surface area contributed by atoms with Gasteiger partial charge >= 0.3 is 0 Å². The van der Waals surface area contributed by atoms with Crippen LogP contribution >= 0.6 is 6.89 Å². The minimum Gasteiger partial charge on any atom is -0.496 e. The van der Waals surface area contributed by atoms with E-state index in [9.17, 15) is 4.79 Å². The molecule has 0 saturated carbocycles. The minimum absolute atomic E-state index is 0.0528. The molecule has 0 atom stereocenters. The van der Waals surface area contributed by atoms with Gasteiger partial charge in [0.15, 0.2) is 5.78 Å². The maximum absolute atomic E-state index is 13.7. The second kappa shape index (κ2) is 8.57. The molecule has 0 unspecified atom stereocenters. The first-order chi connectivity index (χ1) is 14.7. The van der Waals surface area contributed by atoms with Gasteiger partial charge in [0.2, 0.25) is 0 Å². The van der Waals surface area contributed by atoms with Crippen molar-refractivity contribution >= 4 is 34.9 Å². The average molecular weight is 410 g/mol. The SMILES string of the molecule is C=P(c1ccccc1)(c1ccccc1)c1cccc(OC)c1C(=O)c1ccccc1. The first-order valence-electron chi connectivity index (χ1n) is 9.78. The van der Waals surface area contributed by atoms with Gasteiger partial charge in [0.25, 0.3) is 0 Å². The van der Waals surface area contributed by atoms with Crippen LogP contribution < -0.4 is 20.7 Å². The molecule has 0 aromatic heterocycles. The quantitative estimate of drug-likeness (QED) is 0.342. The molecular weight excluding hydrogens is 387 g/mol. The molecule has 0 spiro atoms. The van der Waals surface area contributed by atoms with Crippen molar-refractivity contribution in [1.82, 2.24) is 0 Å². The fourth-order valence-electron chi connectivity index (χ4n) is 3.76. The summed E-state index contributed by atoms with van der Waals surface area (Å²) in [5, 5.41) is 3.16. The van der Waals surface area contributed by atoms with E-state index in [-0.39, 0.29) is 5.78 Å². The lowest BCUT2D eigenvalue weighted by atomic mass is 10.0. The maximum atomic E-state index is 13.7. The Kier molecular flexibility index (Phi) is 5.70. The van der Waals surface area contributed by atoms with Crippen molar-refractivity contribution < 1.29 is 9.53 Å². The van der Waals surface area contributed by atoms with E-state index >= 15 is 0 Å². The summed E-state index contributed by atoms with van der Waals surface area (Å²) in [5.41, 5.74) is 1.22. The largest absolute Gasteiger partial charge is 0.496 e. The smallest absolute Gasteiger partial charge is 0.197 e. The van der Waals surface area contributed by atoms with Crippen molar-refractivity contribution in [3.05, 3.63) is 120 Å². The molecule has 0 aliphatic heterocycles. The molecule has 0 fully saturated rings. The predicted octanol–water partition coefficient (Wildman–Crippen LogP) is 4.65. The highest BCUT2D eigenvalue weighted by molar-refractivity contribution is 7.93. The number of carbonyl (C=O) groups is 1. The molecule has 0 bridgehead atoms. The molecule has 0 radical (unpaired) electrons. The van der Waals surface area contributed by atoms with Gasteiger partial charge in [-0.3, -0.25) is 4.79 Å². The van der Waals surface area contributed by atoms with Crippen LogP contribution in [0.4, 0.5) is 0 Å². The molecule has 0 amide bonds. The molecule has 0 saturated heterocycles. The summed E-state index contributed by atoms with van der Waals surface area (Å²) >= 11 is 0. The highest BCUT2D eigenvalue weighted by Gasteiger charge is 2.29. The fraction of sp³-hybridized carbons (Fsp3) is 0.0370. The van der Waals surface area contributed by atoms with E-state index in [1.165, 1.54) is 0 Å². The van der Waals surface area contributed by atoms with Crippen LogP contribution in [-0.4, -0.2) is 19.2 Å². The van der Waals surface area contributed by atoms with Crippen molar-refractivity contribution in [3.8, 4) is 5.75 Å². The third-order valence-electron chi connectivity index (χ3n) is 5.29. The molecule has 4 aromatic carbocycles. The second-order valence-electron chi connectivity index (χ2n) is 7.03. The Morgan fingerprint density at radius 1 is 0.700 bits per heavy atom. The van der Waals surface area contributed by atoms with Crippen molar-refractivity contribution in [1.29, 1.82) is 0 Å². The number of benzene rings is 4. The zero-order valence-electron chi connectivity index (χ0n) is 16.9. The van der Waals surface area contributed by atoms with Crippen molar-refractivity contribution in [2.45, 2.75) is 0 Å². The summed E-state index contributed by atoms with van der Waals surface area (Å²) in [6, 6.07) is 35.7. The number of ketones is 1. The van der Waals surface area contributed by atoms with E-state index in [2.05, 4.69) is 24.3 Å². The topological polar surface area (TPSA) is 26.3 Å². The van der Waals surface area contributed by atoms with Gasteiger partial charge in [0.05, 0.1) is 12.7 Å². The fourth-order valence-corrected chi connectivity index (χ4v) is 6.91. The number of methoxy groups -OCH3 is 1. The Morgan fingerprint density at radius 2 is 1.20 bits per heavy atom. The first kappa shape index (κ1) is 19.9. The summed E-state index contributed by atoms with van der Waals surface area (Å²) in [6.07, 6.45) is 4.80. The zero-order chi connectivity index (χ0) is 21.0. The van der Waals surface area contributed by atoms with E-state index in [0.29, 0.717) is 16.9 Å². The Labute approximate surface area is 177 Å². The normalized spacial score (nSPS) is 11.1. The van der Waals surface area contributed by atoms with Gasteiger partial charge in [0, 0.05) is 5.56 Å². The monoisotopic (exact) mass is 410 g/mol. The molecule has 2 nitrogen and oxygen atoms in total. The number of carbonyl (C=O) groups excluding carboxylic acids is 1. The van der Waals surface area contributed by atoms with Gasteiger partial charge in [0.1, 0.15) is 5.75 Å².